The second kappa shape index (κ2) is 6.06. The Morgan fingerprint density at radius 2 is 1.80 bits per heavy atom. The fourth-order valence-corrected chi connectivity index (χ4v) is 1.85. The summed E-state index contributed by atoms with van der Waals surface area (Å²) in [5, 5.41) is 5.29. The van der Waals surface area contributed by atoms with Gasteiger partial charge < -0.3 is 15.1 Å². The van der Waals surface area contributed by atoms with Gasteiger partial charge in [0.2, 0.25) is 5.91 Å². The molecule has 2 amide bonds. The van der Waals surface area contributed by atoms with Gasteiger partial charge in [0.15, 0.2) is 5.76 Å². The maximum absolute atomic E-state index is 11.8. The molecule has 1 aromatic heterocycles. The number of rotatable bonds is 4. The summed E-state index contributed by atoms with van der Waals surface area (Å²) in [7, 11) is 0. The molecular weight excluding hydrogens is 256 g/mol. The van der Waals surface area contributed by atoms with Gasteiger partial charge in [0.1, 0.15) is 0 Å². The Bertz CT molecular complexity index is 598. The first-order valence-corrected chi connectivity index (χ1v) is 6.25. The molecule has 0 aliphatic heterocycles. The lowest BCUT2D eigenvalue weighted by Gasteiger charge is -2.11. The molecule has 2 aromatic rings. The SMILES string of the molecule is Cc1cccc(C)c1NC(=O)CNC(=O)c1ccco1. The summed E-state index contributed by atoms with van der Waals surface area (Å²) in [5.74, 6) is -0.501. The maximum Gasteiger partial charge on any atom is 0.287 e. The molecule has 0 unspecified atom stereocenters. The molecule has 1 aromatic carbocycles. The van der Waals surface area contributed by atoms with Crippen LogP contribution in [0.25, 0.3) is 0 Å². The Hall–Kier alpha value is -2.56. The van der Waals surface area contributed by atoms with Gasteiger partial charge >= 0.3 is 0 Å². The number of furan rings is 1. The molecule has 0 aliphatic rings. The number of hydrogen-bond acceptors (Lipinski definition) is 3. The van der Waals surface area contributed by atoms with E-state index in [1.165, 1.54) is 6.26 Å². The van der Waals surface area contributed by atoms with Gasteiger partial charge in [-0.3, -0.25) is 9.59 Å². The van der Waals surface area contributed by atoms with Gasteiger partial charge in [-0.15, -0.1) is 0 Å². The molecule has 0 fully saturated rings. The highest BCUT2D eigenvalue weighted by Crippen LogP contribution is 2.18. The monoisotopic (exact) mass is 272 g/mol. The van der Waals surface area contributed by atoms with Crippen LogP contribution in [0.4, 0.5) is 5.69 Å². The molecule has 104 valence electrons. The lowest BCUT2D eigenvalue weighted by atomic mass is 10.1. The van der Waals surface area contributed by atoms with Crippen molar-refractivity contribution in [2.45, 2.75) is 13.8 Å². The zero-order chi connectivity index (χ0) is 14.5. The van der Waals surface area contributed by atoms with E-state index in [9.17, 15) is 9.59 Å². The van der Waals surface area contributed by atoms with Gasteiger partial charge in [0.25, 0.3) is 5.91 Å². The van der Waals surface area contributed by atoms with E-state index < -0.39 is 5.91 Å². The van der Waals surface area contributed by atoms with Gasteiger partial charge in [-0.25, -0.2) is 0 Å². The number of aryl methyl sites for hydroxylation is 2. The third-order valence-corrected chi connectivity index (χ3v) is 2.90. The highest BCUT2D eigenvalue weighted by atomic mass is 16.3. The van der Waals surface area contributed by atoms with Crippen LogP contribution in [0, 0.1) is 13.8 Å². The smallest absolute Gasteiger partial charge is 0.287 e. The van der Waals surface area contributed by atoms with E-state index in [4.69, 9.17) is 4.42 Å². The predicted molar refractivity (Wildman–Crippen MR) is 75.6 cm³/mol. The predicted octanol–water partition coefficient (Wildman–Crippen LogP) is 2.26. The Labute approximate surface area is 117 Å². The highest BCUT2D eigenvalue weighted by molar-refractivity contribution is 5.98. The second-order valence-electron chi connectivity index (χ2n) is 4.47. The van der Waals surface area contributed by atoms with E-state index in [0.29, 0.717) is 0 Å². The fraction of sp³-hybridized carbons (Fsp3) is 0.200. The Morgan fingerprint density at radius 3 is 2.40 bits per heavy atom. The standard InChI is InChI=1S/C15H16N2O3/c1-10-5-3-6-11(2)14(10)17-13(18)9-16-15(19)12-7-4-8-20-12/h3-8H,9H2,1-2H3,(H,16,19)(H,17,18). The summed E-state index contributed by atoms with van der Waals surface area (Å²) in [6.07, 6.45) is 1.41. The highest BCUT2D eigenvalue weighted by Gasteiger charge is 2.11. The number of hydrogen-bond donors (Lipinski definition) is 2. The number of nitrogens with one attached hydrogen (secondary N) is 2. The lowest BCUT2D eigenvalue weighted by Crippen LogP contribution is -2.32. The van der Waals surface area contributed by atoms with E-state index in [1.54, 1.807) is 12.1 Å². The van der Waals surface area contributed by atoms with Gasteiger partial charge in [-0.2, -0.15) is 0 Å². The minimum Gasteiger partial charge on any atom is -0.459 e. The summed E-state index contributed by atoms with van der Waals surface area (Å²) < 4.78 is 4.94. The first-order chi connectivity index (χ1) is 9.58. The minimum absolute atomic E-state index is 0.104. The molecule has 5 nitrogen and oxygen atoms in total. The molecule has 0 aliphatic carbocycles. The van der Waals surface area contributed by atoms with Crippen molar-refractivity contribution >= 4 is 17.5 Å². The summed E-state index contributed by atoms with van der Waals surface area (Å²) in [4.78, 5) is 23.4. The zero-order valence-corrected chi connectivity index (χ0v) is 11.4. The average Bonchev–Trinajstić information content (AvgIpc) is 2.94. The lowest BCUT2D eigenvalue weighted by molar-refractivity contribution is -0.115. The van der Waals surface area contributed by atoms with Crippen LogP contribution in [0.15, 0.2) is 41.0 Å². The van der Waals surface area contributed by atoms with Crippen LogP contribution < -0.4 is 10.6 Å². The largest absolute Gasteiger partial charge is 0.459 e. The number of carbonyl (C=O) groups excluding carboxylic acids is 2. The molecule has 0 bridgehead atoms. The van der Waals surface area contributed by atoms with Crippen LogP contribution in [0.5, 0.6) is 0 Å². The summed E-state index contributed by atoms with van der Waals surface area (Å²) in [6, 6.07) is 8.93. The van der Waals surface area contributed by atoms with E-state index in [0.717, 1.165) is 16.8 Å². The molecular formula is C15H16N2O3. The minimum atomic E-state index is -0.411. The van der Waals surface area contributed by atoms with Crippen molar-refractivity contribution in [1.82, 2.24) is 5.32 Å². The normalized spacial score (nSPS) is 10.1. The first kappa shape index (κ1) is 13.9. The van der Waals surface area contributed by atoms with Crippen molar-refractivity contribution in [1.29, 1.82) is 0 Å². The zero-order valence-electron chi connectivity index (χ0n) is 11.4. The van der Waals surface area contributed by atoms with Crippen molar-refractivity contribution in [3.63, 3.8) is 0 Å². The molecule has 0 atom stereocenters. The molecule has 0 saturated carbocycles. The van der Waals surface area contributed by atoms with E-state index in [-0.39, 0.29) is 18.2 Å². The number of para-hydroxylation sites is 1. The topological polar surface area (TPSA) is 71.3 Å². The summed E-state index contributed by atoms with van der Waals surface area (Å²) in [5.41, 5.74) is 2.75. The average molecular weight is 272 g/mol. The van der Waals surface area contributed by atoms with Crippen LogP contribution in [-0.4, -0.2) is 18.4 Å². The van der Waals surface area contributed by atoms with E-state index in [1.807, 2.05) is 32.0 Å². The van der Waals surface area contributed by atoms with Crippen molar-refractivity contribution in [2.75, 3.05) is 11.9 Å². The summed E-state index contributed by atoms with van der Waals surface area (Å²) in [6.45, 7) is 3.74. The molecule has 0 saturated heterocycles. The van der Waals surface area contributed by atoms with Crippen LogP contribution in [0.1, 0.15) is 21.7 Å². The van der Waals surface area contributed by atoms with Crippen LogP contribution in [0.2, 0.25) is 0 Å². The van der Waals surface area contributed by atoms with E-state index >= 15 is 0 Å². The third-order valence-electron chi connectivity index (χ3n) is 2.90. The Morgan fingerprint density at radius 1 is 1.10 bits per heavy atom. The number of anilines is 1. The summed E-state index contributed by atoms with van der Waals surface area (Å²) >= 11 is 0. The molecule has 1 heterocycles. The molecule has 0 radical (unpaired) electrons. The second-order valence-corrected chi connectivity index (χ2v) is 4.47. The third kappa shape index (κ3) is 3.26. The van der Waals surface area contributed by atoms with Crippen LogP contribution >= 0.6 is 0 Å². The van der Waals surface area contributed by atoms with Gasteiger partial charge in [-0.05, 0) is 37.1 Å². The number of amides is 2. The Balaban J connectivity index is 1.92. The maximum atomic E-state index is 11.8. The number of carbonyl (C=O) groups is 2. The number of benzene rings is 1. The molecule has 2 rings (SSSR count). The van der Waals surface area contributed by atoms with Crippen molar-refractivity contribution in [2.24, 2.45) is 0 Å². The van der Waals surface area contributed by atoms with Crippen molar-refractivity contribution in [3.05, 3.63) is 53.5 Å². The quantitative estimate of drug-likeness (QED) is 0.896. The van der Waals surface area contributed by atoms with Crippen LogP contribution in [0.3, 0.4) is 0 Å². The fourth-order valence-electron chi connectivity index (χ4n) is 1.85. The van der Waals surface area contributed by atoms with Gasteiger partial charge in [0.05, 0.1) is 12.8 Å². The molecule has 5 heteroatoms. The molecule has 2 N–H and O–H groups in total. The Kier molecular flexibility index (Phi) is 4.20. The van der Waals surface area contributed by atoms with Gasteiger partial charge in [0, 0.05) is 5.69 Å². The first-order valence-electron chi connectivity index (χ1n) is 6.25. The van der Waals surface area contributed by atoms with E-state index in [2.05, 4.69) is 10.6 Å². The van der Waals surface area contributed by atoms with Crippen molar-refractivity contribution in [3.8, 4) is 0 Å². The molecule has 20 heavy (non-hydrogen) atoms. The van der Waals surface area contributed by atoms with Gasteiger partial charge in [-0.1, -0.05) is 18.2 Å². The van der Waals surface area contributed by atoms with Crippen LogP contribution in [-0.2, 0) is 4.79 Å². The van der Waals surface area contributed by atoms with Crippen molar-refractivity contribution < 1.29 is 14.0 Å². The molecule has 0 spiro atoms.